The molecule has 0 bridgehead atoms. The lowest BCUT2D eigenvalue weighted by molar-refractivity contribution is 0.116. The van der Waals surface area contributed by atoms with Crippen LogP contribution in [0, 0.1) is 6.92 Å². The molecule has 1 atom stereocenters. The SMILES string of the molecule is CCN(CC)CC(O)CNCc1ncc(C)o1. The number of nitrogens with zero attached hydrogens (tertiary/aromatic N) is 2. The quantitative estimate of drug-likeness (QED) is 0.704. The molecular formula is C12H23N3O2. The maximum absolute atomic E-state index is 9.81. The maximum Gasteiger partial charge on any atom is 0.208 e. The number of aryl methyl sites for hydroxylation is 1. The van der Waals surface area contributed by atoms with Gasteiger partial charge in [0.2, 0.25) is 5.89 Å². The summed E-state index contributed by atoms with van der Waals surface area (Å²) in [6, 6.07) is 0. The first-order chi connectivity index (χ1) is 8.15. The van der Waals surface area contributed by atoms with Crippen LogP contribution in [-0.4, -0.2) is 47.3 Å². The van der Waals surface area contributed by atoms with Gasteiger partial charge in [-0.15, -0.1) is 0 Å². The van der Waals surface area contributed by atoms with E-state index in [0.29, 0.717) is 25.5 Å². The summed E-state index contributed by atoms with van der Waals surface area (Å²) in [5, 5.41) is 12.9. The second kappa shape index (κ2) is 7.42. The van der Waals surface area contributed by atoms with Crippen LogP contribution in [0.25, 0.3) is 0 Å². The van der Waals surface area contributed by atoms with Gasteiger partial charge in [-0.2, -0.15) is 0 Å². The Bertz CT molecular complexity index is 310. The number of likely N-dealkylation sites (N-methyl/N-ethyl adjacent to an activating group) is 1. The highest BCUT2D eigenvalue weighted by Gasteiger charge is 2.09. The van der Waals surface area contributed by atoms with Crippen molar-refractivity contribution in [3.63, 3.8) is 0 Å². The lowest BCUT2D eigenvalue weighted by atomic mass is 10.3. The van der Waals surface area contributed by atoms with E-state index in [2.05, 4.69) is 29.0 Å². The minimum absolute atomic E-state index is 0.356. The molecule has 0 amide bonds. The van der Waals surface area contributed by atoms with E-state index < -0.39 is 0 Å². The minimum Gasteiger partial charge on any atom is -0.445 e. The molecule has 0 aliphatic carbocycles. The Balaban J connectivity index is 2.17. The van der Waals surface area contributed by atoms with Crippen LogP contribution in [0.4, 0.5) is 0 Å². The predicted octanol–water partition coefficient (Wildman–Crippen LogP) is 0.775. The number of aliphatic hydroxyl groups is 1. The van der Waals surface area contributed by atoms with Gasteiger partial charge in [0.05, 0.1) is 18.8 Å². The normalized spacial score (nSPS) is 13.2. The molecule has 98 valence electrons. The molecule has 2 N–H and O–H groups in total. The largest absolute Gasteiger partial charge is 0.445 e. The van der Waals surface area contributed by atoms with Gasteiger partial charge in [0.1, 0.15) is 5.76 Å². The van der Waals surface area contributed by atoms with Gasteiger partial charge in [-0.3, -0.25) is 0 Å². The molecule has 5 nitrogen and oxygen atoms in total. The first-order valence-electron chi connectivity index (χ1n) is 6.18. The summed E-state index contributed by atoms with van der Waals surface area (Å²) in [6.45, 7) is 9.80. The molecule has 1 rings (SSSR count). The van der Waals surface area contributed by atoms with E-state index in [1.165, 1.54) is 0 Å². The summed E-state index contributed by atoms with van der Waals surface area (Å²) in [6.07, 6.45) is 1.34. The summed E-state index contributed by atoms with van der Waals surface area (Å²) in [5.41, 5.74) is 0. The van der Waals surface area contributed by atoms with E-state index in [1.54, 1.807) is 6.20 Å². The van der Waals surface area contributed by atoms with Gasteiger partial charge in [0.25, 0.3) is 0 Å². The number of rotatable bonds is 8. The molecule has 0 radical (unpaired) electrons. The highest BCUT2D eigenvalue weighted by Crippen LogP contribution is 2.00. The molecule has 0 spiro atoms. The van der Waals surface area contributed by atoms with Gasteiger partial charge in [-0.05, 0) is 20.0 Å². The summed E-state index contributed by atoms with van der Waals surface area (Å²) in [5.74, 6) is 1.48. The van der Waals surface area contributed by atoms with E-state index in [0.717, 1.165) is 18.8 Å². The summed E-state index contributed by atoms with van der Waals surface area (Å²) in [7, 11) is 0. The zero-order chi connectivity index (χ0) is 12.7. The Kier molecular flexibility index (Phi) is 6.18. The van der Waals surface area contributed by atoms with Gasteiger partial charge in [0.15, 0.2) is 0 Å². The van der Waals surface area contributed by atoms with Crippen molar-refractivity contribution >= 4 is 0 Å². The Morgan fingerprint density at radius 1 is 1.47 bits per heavy atom. The molecule has 0 aliphatic heterocycles. The van der Waals surface area contributed by atoms with Crippen molar-refractivity contribution in [2.45, 2.75) is 33.4 Å². The molecule has 1 aromatic rings. The highest BCUT2D eigenvalue weighted by atomic mass is 16.4. The molecule has 1 unspecified atom stereocenters. The van der Waals surface area contributed by atoms with Crippen molar-refractivity contribution < 1.29 is 9.52 Å². The monoisotopic (exact) mass is 241 g/mol. The van der Waals surface area contributed by atoms with Crippen molar-refractivity contribution in [3.8, 4) is 0 Å². The number of aromatic nitrogens is 1. The van der Waals surface area contributed by atoms with Crippen molar-refractivity contribution in [1.29, 1.82) is 0 Å². The molecule has 1 heterocycles. The Morgan fingerprint density at radius 2 is 2.18 bits per heavy atom. The fourth-order valence-electron chi connectivity index (χ4n) is 1.67. The number of hydrogen-bond acceptors (Lipinski definition) is 5. The van der Waals surface area contributed by atoms with Crippen LogP contribution in [0.5, 0.6) is 0 Å². The molecule has 0 aliphatic rings. The lowest BCUT2D eigenvalue weighted by Crippen LogP contribution is -2.38. The van der Waals surface area contributed by atoms with Crippen LogP contribution in [0.15, 0.2) is 10.6 Å². The maximum atomic E-state index is 9.81. The van der Waals surface area contributed by atoms with Crippen molar-refractivity contribution in [2.75, 3.05) is 26.2 Å². The average Bonchev–Trinajstić information content (AvgIpc) is 2.72. The number of aliphatic hydroxyl groups excluding tert-OH is 1. The van der Waals surface area contributed by atoms with Gasteiger partial charge in [-0.1, -0.05) is 13.8 Å². The molecule has 0 fully saturated rings. The van der Waals surface area contributed by atoms with Crippen LogP contribution in [-0.2, 0) is 6.54 Å². The fourth-order valence-corrected chi connectivity index (χ4v) is 1.67. The van der Waals surface area contributed by atoms with E-state index >= 15 is 0 Å². The molecule has 17 heavy (non-hydrogen) atoms. The third-order valence-electron chi connectivity index (χ3n) is 2.69. The zero-order valence-electron chi connectivity index (χ0n) is 10.9. The van der Waals surface area contributed by atoms with E-state index in [-0.39, 0.29) is 6.10 Å². The Hall–Kier alpha value is -0.910. The highest BCUT2D eigenvalue weighted by molar-refractivity contribution is 4.90. The third kappa shape index (κ3) is 5.30. The minimum atomic E-state index is -0.356. The van der Waals surface area contributed by atoms with Crippen molar-refractivity contribution in [2.24, 2.45) is 0 Å². The molecule has 0 saturated heterocycles. The Morgan fingerprint density at radius 3 is 2.71 bits per heavy atom. The number of nitrogens with one attached hydrogen (secondary N) is 1. The topological polar surface area (TPSA) is 61.5 Å². The summed E-state index contributed by atoms with van der Waals surface area (Å²) < 4.78 is 5.32. The number of oxazole rings is 1. The summed E-state index contributed by atoms with van der Waals surface area (Å²) >= 11 is 0. The average molecular weight is 241 g/mol. The number of hydrogen-bond donors (Lipinski definition) is 2. The van der Waals surface area contributed by atoms with E-state index in [9.17, 15) is 5.11 Å². The van der Waals surface area contributed by atoms with Crippen LogP contribution >= 0.6 is 0 Å². The van der Waals surface area contributed by atoms with Crippen molar-refractivity contribution in [1.82, 2.24) is 15.2 Å². The summed E-state index contributed by atoms with van der Waals surface area (Å²) in [4.78, 5) is 6.28. The van der Waals surface area contributed by atoms with Crippen LogP contribution in [0.2, 0.25) is 0 Å². The van der Waals surface area contributed by atoms with Crippen molar-refractivity contribution in [3.05, 3.63) is 17.8 Å². The van der Waals surface area contributed by atoms with Crippen LogP contribution in [0.1, 0.15) is 25.5 Å². The first kappa shape index (κ1) is 14.2. The first-order valence-corrected chi connectivity index (χ1v) is 6.18. The Labute approximate surface area is 103 Å². The van der Waals surface area contributed by atoms with Crippen LogP contribution in [0.3, 0.4) is 0 Å². The van der Waals surface area contributed by atoms with Gasteiger partial charge >= 0.3 is 0 Å². The molecule has 1 aromatic heterocycles. The second-order valence-electron chi connectivity index (χ2n) is 4.14. The van der Waals surface area contributed by atoms with Gasteiger partial charge in [-0.25, -0.2) is 4.98 Å². The van der Waals surface area contributed by atoms with Gasteiger partial charge in [0, 0.05) is 13.1 Å². The van der Waals surface area contributed by atoms with Gasteiger partial charge < -0.3 is 19.7 Å². The third-order valence-corrected chi connectivity index (χ3v) is 2.69. The molecule has 0 aromatic carbocycles. The smallest absolute Gasteiger partial charge is 0.208 e. The predicted molar refractivity (Wildman–Crippen MR) is 66.7 cm³/mol. The standard InChI is InChI=1S/C12H23N3O2/c1-4-15(5-2)9-11(16)7-13-8-12-14-6-10(3)17-12/h6,11,13,16H,4-5,7-9H2,1-3H3. The lowest BCUT2D eigenvalue weighted by Gasteiger charge is -2.21. The zero-order valence-corrected chi connectivity index (χ0v) is 10.9. The molecule has 5 heteroatoms. The second-order valence-corrected chi connectivity index (χ2v) is 4.14. The molecular weight excluding hydrogens is 218 g/mol. The van der Waals surface area contributed by atoms with E-state index in [1.807, 2.05) is 6.92 Å². The molecule has 0 saturated carbocycles. The van der Waals surface area contributed by atoms with E-state index in [4.69, 9.17) is 4.42 Å². The fraction of sp³-hybridized carbons (Fsp3) is 0.750. The van der Waals surface area contributed by atoms with Crippen LogP contribution < -0.4 is 5.32 Å².